The van der Waals surface area contributed by atoms with Crippen LogP contribution < -0.4 is 11.1 Å². The maximum Gasteiger partial charge on any atom is 0.249 e. The van der Waals surface area contributed by atoms with Crippen molar-refractivity contribution in [1.29, 1.82) is 0 Å². The summed E-state index contributed by atoms with van der Waals surface area (Å²) in [6, 6.07) is 0. The Morgan fingerprint density at radius 3 is 2.14 bits per heavy atom. The summed E-state index contributed by atoms with van der Waals surface area (Å²) in [5.74, 6) is 2.72. The third kappa shape index (κ3) is 2.82. The van der Waals surface area contributed by atoms with Crippen LogP contribution in [0, 0.1) is 17.8 Å². The lowest BCUT2D eigenvalue weighted by atomic mass is 9.53. The Bertz CT molecular complexity index is 380. The van der Waals surface area contributed by atoms with Crippen LogP contribution in [0.25, 0.3) is 0 Å². The largest absolute Gasteiger partial charge is 0.364 e. The fourth-order valence-corrected chi connectivity index (χ4v) is 5.68. The molecule has 1 amide bonds. The molecule has 0 spiro atoms. The van der Waals surface area contributed by atoms with Crippen molar-refractivity contribution in [3.8, 4) is 0 Å². The average molecular weight is 315 g/mol. The van der Waals surface area contributed by atoms with Gasteiger partial charge in [-0.25, -0.2) is 0 Å². The van der Waals surface area contributed by atoms with Crippen molar-refractivity contribution in [1.82, 2.24) is 5.32 Å². The number of ether oxygens (including phenoxy) is 1. The van der Waals surface area contributed by atoms with E-state index in [1.54, 1.807) is 0 Å². The smallest absolute Gasteiger partial charge is 0.249 e. The second-order valence-electron chi connectivity index (χ2n) is 7.75. The number of carbonyl (C=O) groups is 1. The van der Waals surface area contributed by atoms with E-state index < -0.39 is 0 Å². The molecule has 0 radical (unpaired) electrons. The zero-order valence-corrected chi connectivity index (χ0v) is 13.4. The fraction of sp³-hybridized carbons (Fsp3) is 0.938. The molecule has 2 atom stereocenters. The van der Waals surface area contributed by atoms with Gasteiger partial charge in [-0.1, -0.05) is 0 Å². The first-order valence-corrected chi connectivity index (χ1v) is 8.33. The molecule has 4 bridgehead atoms. The van der Waals surface area contributed by atoms with Gasteiger partial charge in [-0.05, 0) is 69.1 Å². The molecule has 4 saturated carbocycles. The van der Waals surface area contributed by atoms with Crippen LogP contribution in [0.5, 0.6) is 0 Å². The topological polar surface area (TPSA) is 64.4 Å². The lowest BCUT2D eigenvalue weighted by Crippen LogP contribution is -2.61. The second-order valence-corrected chi connectivity index (χ2v) is 7.75. The van der Waals surface area contributed by atoms with Crippen molar-refractivity contribution in [3.05, 3.63) is 0 Å². The first-order valence-electron chi connectivity index (χ1n) is 8.33. The molecule has 0 aromatic heterocycles. The fourth-order valence-electron chi connectivity index (χ4n) is 5.68. The third-order valence-electron chi connectivity index (χ3n) is 6.09. The van der Waals surface area contributed by atoms with Gasteiger partial charge in [0.25, 0.3) is 0 Å². The highest BCUT2D eigenvalue weighted by Crippen LogP contribution is 2.55. The summed E-state index contributed by atoms with van der Waals surface area (Å²) in [6.07, 6.45) is 9.43. The maximum atomic E-state index is 12.5. The van der Waals surface area contributed by atoms with Gasteiger partial charge in [-0.2, -0.15) is 0 Å². The number of carbonyl (C=O) groups excluding carboxylic acids is 1. The van der Waals surface area contributed by atoms with Crippen LogP contribution in [0.1, 0.15) is 51.4 Å². The highest BCUT2D eigenvalue weighted by Gasteiger charge is 2.52. The predicted octanol–water partition coefficient (Wildman–Crippen LogP) is 2.00. The molecule has 1 saturated heterocycles. The van der Waals surface area contributed by atoms with Gasteiger partial charge in [0.1, 0.15) is 6.10 Å². The molecular formula is C16H27ClN2O2. The third-order valence-corrected chi connectivity index (χ3v) is 6.09. The highest BCUT2D eigenvalue weighted by molar-refractivity contribution is 5.85. The standard InChI is InChI=1S/C16H26N2O2.ClH/c17-9-13-1-2-14(20-13)15(19)18-16-6-10-3-11(7-16)5-12(4-10)8-16;/h10-14H,1-9,17H2,(H,18,19);1H/t10?,11?,12?,13-,14+,16?;/m1./s1. The number of hydrogen-bond acceptors (Lipinski definition) is 3. The van der Waals surface area contributed by atoms with Crippen LogP contribution in [0.15, 0.2) is 0 Å². The van der Waals surface area contributed by atoms with E-state index >= 15 is 0 Å². The van der Waals surface area contributed by atoms with E-state index in [4.69, 9.17) is 10.5 Å². The minimum absolute atomic E-state index is 0. The zero-order valence-electron chi connectivity index (χ0n) is 12.6. The Kier molecular flexibility index (Phi) is 4.23. The minimum atomic E-state index is -0.253. The molecule has 4 aliphatic carbocycles. The van der Waals surface area contributed by atoms with Crippen LogP contribution >= 0.6 is 12.4 Å². The molecule has 5 rings (SSSR count). The lowest BCUT2D eigenvalue weighted by molar-refractivity contribution is -0.137. The Morgan fingerprint density at radius 2 is 1.67 bits per heavy atom. The number of amides is 1. The number of halogens is 1. The number of nitrogens with two attached hydrogens (primary N) is 1. The van der Waals surface area contributed by atoms with Gasteiger partial charge in [0.15, 0.2) is 0 Å². The van der Waals surface area contributed by atoms with E-state index in [-0.39, 0.29) is 36.1 Å². The summed E-state index contributed by atoms with van der Waals surface area (Å²) < 4.78 is 5.75. The molecule has 5 heteroatoms. The summed E-state index contributed by atoms with van der Waals surface area (Å²) in [5.41, 5.74) is 5.73. The van der Waals surface area contributed by atoms with Crippen molar-refractivity contribution in [3.63, 3.8) is 0 Å². The van der Waals surface area contributed by atoms with Crippen LogP contribution in [0.4, 0.5) is 0 Å². The van der Waals surface area contributed by atoms with E-state index in [0.29, 0.717) is 6.54 Å². The number of rotatable bonds is 3. The van der Waals surface area contributed by atoms with Crippen LogP contribution in [0.3, 0.4) is 0 Å². The molecular weight excluding hydrogens is 288 g/mol. The lowest BCUT2D eigenvalue weighted by Gasteiger charge is -2.57. The molecule has 1 heterocycles. The van der Waals surface area contributed by atoms with Gasteiger partial charge in [-0.15, -0.1) is 12.4 Å². The first-order chi connectivity index (χ1) is 9.66. The van der Waals surface area contributed by atoms with Crippen LogP contribution in [-0.2, 0) is 9.53 Å². The predicted molar refractivity (Wildman–Crippen MR) is 83.2 cm³/mol. The maximum absolute atomic E-state index is 12.5. The van der Waals surface area contributed by atoms with Gasteiger partial charge in [0.05, 0.1) is 6.10 Å². The van der Waals surface area contributed by atoms with E-state index in [1.807, 2.05) is 0 Å². The molecule has 0 aromatic rings. The van der Waals surface area contributed by atoms with E-state index in [2.05, 4.69) is 5.32 Å². The molecule has 3 N–H and O–H groups in total. The van der Waals surface area contributed by atoms with E-state index in [0.717, 1.165) is 30.6 Å². The van der Waals surface area contributed by atoms with Crippen molar-refractivity contribution in [2.45, 2.75) is 69.1 Å². The van der Waals surface area contributed by atoms with Crippen LogP contribution in [0.2, 0.25) is 0 Å². The zero-order chi connectivity index (χ0) is 13.7. The monoisotopic (exact) mass is 314 g/mol. The molecule has 0 aromatic carbocycles. The Balaban J connectivity index is 0.00000132. The van der Waals surface area contributed by atoms with Crippen molar-refractivity contribution in [2.75, 3.05) is 6.54 Å². The summed E-state index contributed by atoms with van der Waals surface area (Å²) in [5, 5.41) is 3.41. The van der Waals surface area contributed by atoms with Gasteiger partial charge in [0.2, 0.25) is 5.91 Å². The Labute approximate surface area is 133 Å². The van der Waals surface area contributed by atoms with Gasteiger partial charge < -0.3 is 15.8 Å². The van der Waals surface area contributed by atoms with Crippen molar-refractivity contribution in [2.24, 2.45) is 23.5 Å². The summed E-state index contributed by atoms with van der Waals surface area (Å²) in [6.45, 7) is 0.529. The summed E-state index contributed by atoms with van der Waals surface area (Å²) in [7, 11) is 0. The summed E-state index contributed by atoms with van der Waals surface area (Å²) >= 11 is 0. The average Bonchev–Trinajstić information content (AvgIpc) is 2.85. The Morgan fingerprint density at radius 1 is 1.10 bits per heavy atom. The number of hydrogen-bond donors (Lipinski definition) is 2. The quantitative estimate of drug-likeness (QED) is 0.837. The summed E-state index contributed by atoms with van der Waals surface area (Å²) in [4.78, 5) is 12.5. The van der Waals surface area contributed by atoms with Crippen molar-refractivity contribution < 1.29 is 9.53 Å². The second kappa shape index (κ2) is 5.71. The molecule has 5 fully saturated rings. The normalized spacial score (nSPS) is 47.2. The van der Waals surface area contributed by atoms with Gasteiger partial charge in [0, 0.05) is 12.1 Å². The molecule has 21 heavy (non-hydrogen) atoms. The van der Waals surface area contributed by atoms with Crippen molar-refractivity contribution >= 4 is 18.3 Å². The Hall–Kier alpha value is -0.320. The highest BCUT2D eigenvalue weighted by atomic mass is 35.5. The minimum Gasteiger partial charge on any atom is -0.364 e. The van der Waals surface area contributed by atoms with Gasteiger partial charge in [-0.3, -0.25) is 4.79 Å². The SMILES string of the molecule is Cl.NC[C@H]1CC[C@@H](C(=O)NC23CC4CC(CC(C4)C2)C3)O1. The molecule has 5 aliphatic rings. The molecule has 0 unspecified atom stereocenters. The molecule has 1 aliphatic heterocycles. The van der Waals surface area contributed by atoms with Crippen LogP contribution in [-0.4, -0.2) is 30.2 Å². The first kappa shape index (κ1) is 15.6. The van der Waals surface area contributed by atoms with Gasteiger partial charge >= 0.3 is 0 Å². The van der Waals surface area contributed by atoms with E-state index in [9.17, 15) is 4.79 Å². The molecule has 120 valence electrons. The molecule has 4 nitrogen and oxygen atoms in total. The van der Waals surface area contributed by atoms with E-state index in [1.165, 1.54) is 38.5 Å². The number of nitrogens with one attached hydrogen (secondary N) is 1.